The normalized spacial score (nSPS) is 15.4. The molecule has 0 radical (unpaired) electrons. The lowest BCUT2D eigenvalue weighted by Crippen LogP contribution is -2.43. The predicted molar refractivity (Wildman–Crippen MR) is 95.5 cm³/mol. The molecule has 0 unspecified atom stereocenters. The van der Waals surface area contributed by atoms with Crippen molar-refractivity contribution in [3.63, 3.8) is 0 Å². The van der Waals surface area contributed by atoms with Crippen LogP contribution in [0.1, 0.15) is 24.8 Å². The monoisotopic (exact) mass is 363 g/mol. The Bertz CT molecular complexity index is 1020. The van der Waals surface area contributed by atoms with Crippen LogP contribution in [0.25, 0.3) is 0 Å². The summed E-state index contributed by atoms with van der Waals surface area (Å²) in [6.45, 7) is 0.311. The standard InChI is InChI=1S/C17H21N3O4S/c1-18-12-15(16(21)19(2)17(18)22)25(23,24)20-11-7-3-4-8-13-9-5-6-10-14(13)20/h5-6,9-10,12H,3-4,7-8,11H2,1-2H3. The van der Waals surface area contributed by atoms with E-state index in [0.29, 0.717) is 12.2 Å². The van der Waals surface area contributed by atoms with Gasteiger partial charge in [0.15, 0.2) is 4.90 Å². The van der Waals surface area contributed by atoms with Crippen molar-refractivity contribution in [2.24, 2.45) is 14.1 Å². The first-order valence-electron chi connectivity index (χ1n) is 8.21. The van der Waals surface area contributed by atoms with Gasteiger partial charge in [-0.05, 0) is 30.9 Å². The molecule has 3 rings (SSSR count). The van der Waals surface area contributed by atoms with E-state index in [4.69, 9.17) is 0 Å². The number of para-hydroxylation sites is 1. The number of fused-ring (bicyclic) bond motifs is 1. The van der Waals surface area contributed by atoms with Crippen molar-refractivity contribution in [2.75, 3.05) is 10.8 Å². The molecule has 7 nitrogen and oxygen atoms in total. The van der Waals surface area contributed by atoms with Crippen molar-refractivity contribution in [2.45, 2.75) is 30.6 Å². The summed E-state index contributed by atoms with van der Waals surface area (Å²) in [4.78, 5) is 23.9. The fraction of sp³-hybridized carbons (Fsp3) is 0.412. The molecule has 0 amide bonds. The molecule has 0 aliphatic carbocycles. The lowest BCUT2D eigenvalue weighted by Gasteiger charge is -2.28. The number of anilines is 1. The van der Waals surface area contributed by atoms with Crippen LogP contribution in [0, 0.1) is 0 Å². The largest absolute Gasteiger partial charge is 0.330 e. The highest BCUT2D eigenvalue weighted by Gasteiger charge is 2.30. The molecule has 0 spiro atoms. The predicted octanol–water partition coefficient (Wildman–Crippen LogP) is 1.01. The van der Waals surface area contributed by atoms with Crippen LogP contribution in [0.4, 0.5) is 5.69 Å². The van der Waals surface area contributed by atoms with Crippen molar-refractivity contribution in [3.05, 3.63) is 56.9 Å². The number of hydrogen-bond acceptors (Lipinski definition) is 4. The van der Waals surface area contributed by atoms with Gasteiger partial charge < -0.3 is 4.57 Å². The van der Waals surface area contributed by atoms with Crippen LogP contribution in [0.5, 0.6) is 0 Å². The van der Waals surface area contributed by atoms with Gasteiger partial charge in [-0.25, -0.2) is 13.2 Å². The van der Waals surface area contributed by atoms with E-state index in [-0.39, 0.29) is 4.90 Å². The SMILES string of the molecule is Cn1cc(S(=O)(=O)N2CCCCCc3ccccc32)c(=O)n(C)c1=O. The minimum absolute atomic E-state index is 0.311. The molecule has 134 valence electrons. The Labute approximate surface area is 146 Å². The third kappa shape index (κ3) is 3.02. The maximum Gasteiger partial charge on any atom is 0.330 e. The van der Waals surface area contributed by atoms with Gasteiger partial charge in [-0.15, -0.1) is 0 Å². The zero-order valence-electron chi connectivity index (χ0n) is 14.3. The fourth-order valence-electron chi connectivity index (χ4n) is 3.15. The van der Waals surface area contributed by atoms with Gasteiger partial charge in [0.25, 0.3) is 15.6 Å². The smallest absolute Gasteiger partial charge is 0.302 e. The minimum atomic E-state index is -4.07. The molecular formula is C17H21N3O4S. The summed E-state index contributed by atoms with van der Waals surface area (Å²) in [6.07, 6.45) is 4.56. The highest BCUT2D eigenvalue weighted by atomic mass is 32.2. The molecule has 1 aliphatic heterocycles. The van der Waals surface area contributed by atoms with E-state index in [0.717, 1.165) is 46.6 Å². The summed E-state index contributed by atoms with van der Waals surface area (Å²) >= 11 is 0. The molecule has 2 heterocycles. The molecule has 0 saturated heterocycles. The van der Waals surface area contributed by atoms with Crippen molar-refractivity contribution < 1.29 is 8.42 Å². The van der Waals surface area contributed by atoms with Gasteiger partial charge >= 0.3 is 5.69 Å². The number of nitrogens with zero attached hydrogens (tertiary/aromatic N) is 3. The molecule has 1 aliphatic rings. The Morgan fingerprint density at radius 1 is 1.00 bits per heavy atom. The summed E-state index contributed by atoms with van der Waals surface area (Å²) in [7, 11) is -1.35. The summed E-state index contributed by atoms with van der Waals surface area (Å²) in [5.41, 5.74) is 0.199. The van der Waals surface area contributed by atoms with Gasteiger partial charge in [-0.1, -0.05) is 24.6 Å². The zero-order chi connectivity index (χ0) is 18.2. The topological polar surface area (TPSA) is 81.4 Å². The van der Waals surface area contributed by atoms with E-state index in [1.54, 1.807) is 12.1 Å². The Morgan fingerprint density at radius 2 is 1.72 bits per heavy atom. The van der Waals surface area contributed by atoms with Gasteiger partial charge in [0, 0.05) is 26.8 Å². The Balaban J connectivity index is 2.22. The van der Waals surface area contributed by atoms with Crippen LogP contribution in [0.3, 0.4) is 0 Å². The van der Waals surface area contributed by atoms with Crippen LogP contribution in [0.15, 0.2) is 44.9 Å². The second kappa shape index (κ2) is 6.51. The molecule has 1 aromatic heterocycles. The summed E-state index contributed by atoms with van der Waals surface area (Å²) < 4.78 is 29.7. The molecule has 0 N–H and O–H groups in total. The average molecular weight is 363 g/mol. The number of rotatable bonds is 2. The Hall–Kier alpha value is -2.35. The summed E-state index contributed by atoms with van der Waals surface area (Å²) in [6, 6.07) is 7.37. The molecular weight excluding hydrogens is 342 g/mol. The number of aryl methyl sites for hydroxylation is 2. The Kier molecular flexibility index (Phi) is 4.55. The molecule has 0 fully saturated rings. The van der Waals surface area contributed by atoms with Crippen LogP contribution in [-0.4, -0.2) is 24.1 Å². The van der Waals surface area contributed by atoms with E-state index in [1.165, 1.54) is 18.4 Å². The molecule has 0 atom stereocenters. The maximum absolute atomic E-state index is 13.2. The number of hydrogen-bond donors (Lipinski definition) is 0. The summed E-state index contributed by atoms with van der Waals surface area (Å²) in [5.74, 6) is 0. The quantitative estimate of drug-likeness (QED) is 0.797. The van der Waals surface area contributed by atoms with Gasteiger partial charge in [0.2, 0.25) is 0 Å². The van der Waals surface area contributed by atoms with Crippen LogP contribution >= 0.6 is 0 Å². The van der Waals surface area contributed by atoms with Gasteiger partial charge in [0.05, 0.1) is 5.69 Å². The highest BCUT2D eigenvalue weighted by Crippen LogP contribution is 2.29. The Morgan fingerprint density at radius 3 is 2.48 bits per heavy atom. The van der Waals surface area contributed by atoms with E-state index in [1.807, 2.05) is 12.1 Å². The fourth-order valence-corrected chi connectivity index (χ4v) is 4.85. The van der Waals surface area contributed by atoms with Gasteiger partial charge in [-0.3, -0.25) is 13.7 Å². The van der Waals surface area contributed by atoms with Gasteiger partial charge in [0.1, 0.15) is 0 Å². The number of aromatic nitrogens is 2. The molecule has 1 aromatic carbocycles. The van der Waals surface area contributed by atoms with Crippen molar-refractivity contribution in [1.82, 2.24) is 9.13 Å². The highest BCUT2D eigenvalue weighted by molar-refractivity contribution is 7.92. The first-order chi connectivity index (χ1) is 11.8. The first-order valence-corrected chi connectivity index (χ1v) is 9.65. The van der Waals surface area contributed by atoms with E-state index < -0.39 is 21.3 Å². The molecule has 0 saturated carbocycles. The molecule has 8 heteroatoms. The second-order valence-corrected chi connectivity index (χ2v) is 8.10. The van der Waals surface area contributed by atoms with E-state index in [2.05, 4.69) is 0 Å². The van der Waals surface area contributed by atoms with Crippen LogP contribution in [0.2, 0.25) is 0 Å². The number of sulfonamides is 1. The molecule has 25 heavy (non-hydrogen) atoms. The number of benzene rings is 1. The molecule has 2 aromatic rings. The zero-order valence-corrected chi connectivity index (χ0v) is 15.1. The van der Waals surface area contributed by atoms with Crippen LogP contribution in [-0.2, 0) is 30.5 Å². The second-order valence-electron chi connectivity index (χ2n) is 6.27. The summed E-state index contributed by atoms with van der Waals surface area (Å²) in [5, 5.41) is 0. The first kappa shape index (κ1) is 17.5. The third-order valence-electron chi connectivity index (χ3n) is 4.55. The average Bonchev–Trinajstić information content (AvgIpc) is 2.56. The maximum atomic E-state index is 13.2. The lowest BCUT2D eigenvalue weighted by atomic mass is 10.0. The lowest BCUT2D eigenvalue weighted by molar-refractivity contribution is 0.573. The van der Waals surface area contributed by atoms with E-state index >= 15 is 0 Å². The van der Waals surface area contributed by atoms with Crippen molar-refractivity contribution >= 4 is 15.7 Å². The van der Waals surface area contributed by atoms with Crippen LogP contribution < -0.4 is 15.6 Å². The van der Waals surface area contributed by atoms with Crippen molar-refractivity contribution in [1.29, 1.82) is 0 Å². The third-order valence-corrected chi connectivity index (χ3v) is 6.35. The van der Waals surface area contributed by atoms with Gasteiger partial charge in [-0.2, -0.15) is 0 Å². The van der Waals surface area contributed by atoms with Crippen molar-refractivity contribution in [3.8, 4) is 0 Å². The van der Waals surface area contributed by atoms with E-state index in [9.17, 15) is 18.0 Å². The molecule has 0 bridgehead atoms. The minimum Gasteiger partial charge on any atom is -0.302 e.